The van der Waals surface area contributed by atoms with E-state index in [1.165, 1.54) is 6.08 Å². The van der Waals surface area contributed by atoms with Crippen molar-refractivity contribution in [2.24, 2.45) is 0 Å². The second-order valence-corrected chi connectivity index (χ2v) is 4.02. The van der Waals surface area contributed by atoms with Crippen molar-refractivity contribution in [2.75, 3.05) is 5.32 Å². The number of aryl methyl sites for hydroxylation is 1. The van der Waals surface area contributed by atoms with Crippen LogP contribution in [0.5, 0.6) is 0 Å². The second kappa shape index (κ2) is 7.20. The minimum absolute atomic E-state index is 0.179. The van der Waals surface area contributed by atoms with Gasteiger partial charge < -0.3 is 15.7 Å². The van der Waals surface area contributed by atoms with E-state index < -0.39 is 18.0 Å². The molecule has 1 aromatic rings. The van der Waals surface area contributed by atoms with Crippen LogP contribution < -0.4 is 10.6 Å². The number of aliphatic carboxylic acids is 1. The first-order valence-corrected chi connectivity index (χ1v) is 6.07. The van der Waals surface area contributed by atoms with Crippen LogP contribution in [0.1, 0.15) is 18.9 Å². The fourth-order valence-electron chi connectivity index (χ4n) is 1.66. The zero-order valence-corrected chi connectivity index (χ0v) is 10.8. The Morgan fingerprint density at radius 1 is 1.42 bits per heavy atom. The molecular formula is C14H18N2O3. The summed E-state index contributed by atoms with van der Waals surface area (Å²) < 4.78 is 0. The molecule has 2 amide bonds. The zero-order chi connectivity index (χ0) is 14.3. The summed E-state index contributed by atoms with van der Waals surface area (Å²) in [5.74, 6) is -1.08. The molecule has 0 bridgehead atoms. The molecule has 1 atom stereocenters. The van der Waals surface area contributed by atoms with Gasteiger partial charge in [-0.3, -0.25) is 0 Å². The zero-order valence-electron chi connectivity index (χ0n) is 10.8. The summed E-state index contributed by atoms with van der Waals surface area (Å²) in [4.78, 5) is 22.7. The van der Waals surface area contributed by atoms with Gasteiger partial charge in [-0.15, -0.1) is 6.58 Å². The quantitative estimate of drug-likeness (QED) is 0.689. The molecule has 0 saturated carbocycles. The first-order chi connectivity index (χ1) is 9.08. The van der Waals surface area contributed by atoms with Crippen LogP contribution in [0.25, 0.3) is 0 Å². The lowest BCUT2D eigenvalue weighted by Gasteiger charge is -2.15. The van der Waals surface area contributed by atoms with E-state index in [-0.39, 0.29) is 6.42 Å². The van der Waals surface area contributed by atoms with Gasteiger partial charge >= 0.3 is 12.0 Å². The van der Waals surface area contributed by atoms with Crippen LogP contribution >= 0.6 is 0 Å². The summed E-state index contributed by atoms with van der Waals surface area (Å²) in [7, 11) is 0. The smallest absolute Gasteiger partial charge is 0.326 e. The van der Waals surface area contributed by atoms with Gasteiger partial charge in [0, 0.05) is 5.69 Å². The summed E-state index contributed by atoms with van der Waals surface area (Å²) >= 11 is 0. The van der Waals surface area contributed by atoms with Crippen LogP contribution in [-0.4, -0.2) is 23.1 Å². The van der Waals surface area contributed by atoms with Crippen LogP contribution in [0.4, 0.5) is 10.5 Å². The maximum absolute atomic E-state index is 11.8. The van der Waals surface area contributed by atoms with E-state index in [0.29, 0.717) is 5.69 Å². The predicted octanol–water partition coefficient (Wildman–Crippen LogP) is 2.40. The third-order valence-corrected chi connectivity index (χ3v) is 2.65. The fraction of sp³-hybridized carbons (Fsp3) is 0.286. The maximum Gasteiger partial charge on any atom is 0.326 e. The van der Waals surface area contributed by atoms with Crippen molar-refractivity contribution in [2.45, 2.75) is 25.8 Å². The average molecular weight is 262 g/mol. The molecule has 0 spiro atoms. The molecule has 0 fully saturated rings. The molecule has 1 rings (SSSR count). The highest BCUT2D eigenvalue weighted by atomic mass is 16.4. The van der Waals surface area contributed by atoms with Gasteiger partial charge in [0.2, 0.25) is 0 Å². The van der Waals surface area contributed by atoms with Crippen LogP contribution in [-0.2, 0) is 11.2 Å². The Balaban J connectivity index is 2.68. The standard InChI is InChI=1S/C14H18N2O3/c1-3-7-12(13(17)18)16-14(19)15-11-9-6-5-8-10(11)4-2/h3,5-6,8-9,12H,1,4,7H2,2H3,(H,17,18)(H2,15,16,19). The van der Waals surface area contributed by atoms with Gasteiger partial charge in [-0.2, -0.15) is 0 Å². The Bertz CT molecular complexity index is 472. The molecule has 0 radical (unpaired) electrons. The van der Waals surface area contributed by atoms with Crippen LogP contribution in [0.3, 0.4) is 0 Å². The monoisotopic (exact) mass is 262 g/mol. The van der Waals surface area contributed by atoms with Crippen molar-refractivity contribution in [3.05, 3.63) is 42.5 Å². The number of carboxylic acid groups (broad SMARTS) is 1. The van der Waals surface area contributed by atoms with Crippen LogP contribution in [0.2, 0.25) is 0 Å². The van der Waals surface area contributed by atoms with Gasteiger partial charge in [0.25, 0.3) is 0 Å². The van der Waals surface area contributed by atoms with Gasteiger partial charge in [0.05, 0.1) is 0 Å². The number of nitrogens with one attached hydrogen (secondary N) is 2. The van der Waals surface area contributed by atoms with Crippen LogP contribution in [0.15, 0.2) is 36.9 Å². The average Bonchev–Trinajstić information content (AvgIpc) is 2.38. The third kappa shape index (κ3) is 4.46. The second-order valence-electron chi connectivity index (χ2n) is 4.02. The number of rotatable bonds is 6. The van der Waals surface area contributed by atoms with E-state index in [4.69, 9.17) is 5.11 Å². The number of carboxylic acids is 1. The van der Waals surface area contributed by atoms with Crippen molar-refractivity contribution in [1.82, 2.24) is 5.32 Å². The SMILES string of the molecule is C=CCC(NC(=O)Nc1ccccc1CC)C(=O)O. The Morgan fingerprint density at radius 3 is 2.68 bits per heavy atom. The molecule has 102 valence electrons. The summed E-state index contributed by atoms with van der Waals surface area (Å²) in [6.45, 7) is 5.45. The molecular weight excluding hydrogens is 244 g/mol. The number of carbonyl (C=O) groups is 2. The summed E-state index contributed by atoms with van der Waals surface area (Å²) in [5, 5.41) is 14.0. The van der Waals surface area contributed by atoms with Gasteiger partial charge in [-0.1, -0.05) is 31.2 Å². The minimum Gasteiger partial charge on any atom is -0.480 e. The number of anilines is 1. The Morgan fingerprint density at radius 2 is 2.11 bits per heavy atom. The van der Waals surface area contributed by atoms with Crippen molar-refractivity contribution >= 4 is 17.7 Å². The molecule has 0 saturated heterocycles. The molecule has 0 heterocycles. The highest BCUT2D eigenvalue weighted by molar-refractivity contribution is 5.92. The lowest BCUT2D eigenvalue weighted by molar-refractivity contribution is -0.139. The number of carbonyl (C=O) groups excluding carboxylic acids is 1. The molecule has 0 aliphatic heterocycles. The number of urea groups is 1. The summed E-state index contributed by atoms with van der Waals surface area (Å²) in [6, 6.07) is 5.89. The highest BCUT2D eigenvalue weighted by Crippen LogP contribution is 2.15. The van der Waals surface area contributed by atoms with Crippen molar-refractivity contribution < 1.29 is 14.7 Å². The lowest BCUT2D eigenvalue weighted by Crippen LogP contribution is -2.42. The maximum atomic E-state index is 11.8. The van der Waals surface area contributed by atoms with Gasteiger partial charge in [-0.25, -0.2) is 9.59 Å². The molecule has 0 aromatic heterocycles. The summed E-state index contributed by atoms with van der Waals surface area (Å²) in [5.41, 5.74) is 1.68. The number of para-hydroxylation sites is 1. The molecule has 1 unspecified atom stereocenters. The van der Waals surface area contributed by atoms with E-state index in [2.05, 4.69) is 17.2 Å². The van der Waals surface area contributed by atoms with E-state index in [1.54, 1.807) is 6.07 Å². The molecule has 0 aliphatic carbocycles. The summed E-state index contributed by atoms with van der Waals surface area (Å²) in [6.07, 6.45) is 2.42. The largest absolute Gasteiger partial charge is 0.480 e. The van der Waals surface area contributed by atoms with Crippen LogP contribution in [0, 0.1) is 0 Å². The molecule has 1 aromatic carbocycles. The van der Waals surface area contributed by atoms with Crippen molar-refractivity contribution in [1.29, 1.82) is 0 Å². The first kappa shape index (κ1) is 14.8. The van der Waals surface area contributed by atoms with Gasteiger partial charge in [0.1, 0.15) is 6.04 Å². The third-order valence-electron chi connectivity index (χ3n) is 2.65. The van der Waals surface area contributed by atoms with Gasteiger partial charge in [0.15, 0.2) is 0 Å². The lowest BCUT2D eigenvalue weighted by atomic mass is 10.1. The minimum atomic E-state index is -1.08. The Kier molecular flexibility index (Phi) is 5.60. The fourth-order valence-corrected chi connectivity index (χ4v) is 1.66. The van der Waals surface area contributed by atoms with E-state index in [1.807, 2.05) is 25.1 Å². The van der Waals surface area contributed by atoms with Crippen molar-refractivity contribution in [3.8, 4) is 0 Å². The van der Waals surface area contributed by atoms with E-state index in [9.17, 15) is 9.59 Å². The molecule has 3 N–H and O–H groups in total. The Labute approximate surface area is 112 Å². The molecule has 0 aliphatic rings. The Hall–Kier alpha value is -2.30. The number of benzene rings is 1. The molecule has 5 heteroatoms. The number of hydrogen-bond donors (Lipinski definition) is 3. The highest BCUT2D eigenvalue weighted by Gasteiger charge is 2.18. The van der Waals surface area contributed by atoms with E-state index >= 15 is 0 Å². The van der Waals surface area contributed by atoms with E-state index in [0.717, 1.165) is 12.0 Å². The van der Waals surface area contributed by atoms with Gasteiger partial charge in [-0.05, 0) is 24.5 Å². The van der Waals surface area contributed by atoms with Crippen molar-refractivity contribution in [3.63, 3.8) is 0 Å². The molecule has 5 nitrogen and oxygen atoms in total. The topological polar surface area (TPSA) is 78.4 Å². The number of amides is 2. The normalized spacial score (nSPS) is 11.4. The molecule has 19 heavy (non-hydrogen) atoms. The predicted molar refractivity (Wildman–Crippen MR) is 74.2 cm³/mol. The first-order valence-electron chi connectivity index (χ1n) is 6.07. The number of hydrogen-bond acceptors (Lipinski definition) is 2.